The molecule has 1 saturated heterocycles. The fourth-order valence-corrected chi connectivity index (χ4v) is 1.45. The minimum atomic E-state index is -0.328. The van der Waals surface area contributed by atoms with Gasteiger partial charge in [-0.15, -0.1) is 0 Å². The van der Waals surface area contributed by atoms with Gasteiger partial charge in [-0.25, -0.2) is 0 Å². The van der Waals surface area contributed by atoms with E-state index in [0.29, 0.717) is 0 Å². The summed E-state index contributed by atoms with van der Waals surface area (Å²) in [6, 6.07) is 0. The van der Waals surface area contributed by atoms with Crippen LogP contribution < -0.4 is 5.32 Å². The van der Waals surface area contributed by atoms with Gasteiger partial charge in [-0.1, -0.05) is 20.8 Å². The van der Waals surface area contributed by atoms with Crippen LogP contribution in [0.25, 0.3) is 0 Å². The van der Waals surface area contributed by atoms with Crippen LogP contribution in [-0.2, 0) is 9.53 Å². The standard InChI is InChI=1S/C11H21NO2/c1-8-11(5,6-7-14-8)12-9(13)10(2,3)4/h8H,6-7H2,1-5H3,(H,12,13). The van der Waals surface area contributed by atoms with Gasteiger partial charge in [-0.2, -0.15) is 0 Å². The fraction of sp³-hybridized carbons (Fsp3) is 0.909. The van der Waals surface area contributed by atoms with Gasteiger partial charge in [0.15, 0.2) is 0 Å². The molecule has 3 nitrogen and oxygen atoms in total. The van der Waals surface area contributed by atoms with Gasteiger partial charge in [0, 0.05) is 12.0 Å². The van der Waals surface area contributed by atoms with E-state index < -0.39 is 0 Å². The SMILES string of the molecule is CC1OCCC1(C)NC(=O)C(C)(C)C. The molecule has 1 heterocycles. The third kappa shape index (κ3) is 2.27. The van der Waals surface area contributed by atoms with E-state index in [1.54, 1.807) is 0 Å². The Bertz CT molecular complexity index is 232. The Kier molecular flexibility index (Phi) is 2.91. The highest BCUT2D eigenvalue weighted by atomic mass is 16.5. The summed E-state index contributed by atoms with van der Waals surface area (Å²) in [6.07, 6.45) is 1.00. The summed E-state index contributed by atoms with van der Waals surface area (Å²) in [6.45, 7) is 10.6. The van der Waals surface area contributed by atoms with E-state index in [-0.39, 0.29) is 23.0 Å². The lowest BCUT2D eigenvalue weighted by atomic mass is 9.90. The smallest absolute Gasteiger partial charge is 0.225 e. The van der Waals surface area contributed by atoms with Crippen LogP contribution in [0.3, 0.4) is 0 Å². The highest BCUT2D eigenvalue weighted by Gasteiger charge is 2.40. The van der Waals surface area contributed by atoms with Gasteiger partial charge in [-0.3, -0.25) is 4.79 Å². The van der Waals surface area contributed by atoms with Crippen molar-refractivity contribution in [1.29, 1.82) is 0 Å². The van der Waals surface area contributed by atoms with Crippen molar-refractivity contribution in [3.63, 3.8) is 0 Å². The summed E-state index contributed by atoms with van der Waals surface area (Å²) in [7, 11) is 0. The third-order valence-electron chi connectivity index (χ3n) is 2.97. The third-order valence-corrected chi connectivity index (χ3v) is 2.97. The normalized spacial score (nSPS) is 33.1. The van der Waals surface area contributed by atoms with E-state index in [2.05, 4.69) is 5.32 Å². The van der Waals surface area contributed by atoms with Gasteiger partial charge in [0.2, 0.25) is 5.91 Å². The maximum absolute atomic E-state index is 11.8. The first-order valence-electron chi connectivity index (χ1n) is 5.20. The molecule has 14 heavy (non-hydrogen) atoms. The molecule has 0 aromatic heterocycles. The molecule has 1 rings (SSSR count). The monoisotopic (exact) mass is 199 g/mol. The fourth-order valence-electron chi connectivity index (χ4n) is 1.45. The summed E-state index contributed by atoms with van der Waals surface area (Å²) >= 11 is 0. The van der Waals surface area contributed by atoms with E-state index in [1.165, 1.54) is 0 Å². The van der Waals surface area contributed by atoms with E-state index in [4.69, 9.17) is 4.74 Å². The van der Waals surface area contributed by atoms with Gasteiger partial charge < -0.3 is 10.1 Å². The first kappa shape index (κ1) is 11.5. The van der Waals surface area contributed by atoms with Gasteiger partial charge >= 0.3 is 0 Å². The zero-order valence-electron chi connectivity index (χ0n) is 9.81. The lowest BCUT2D eigenvalue weighted by Crippen LogP contribution is -2.53. The number of carbonyl (C=O) groups excluding carboxylic acids is 1. The Morgan fingerprint density at radius 2 is 2.07 bits per heavy atom. The molecule has 2 atom stereocenters. The summed E-state index contributed by atoms with van der Waals surface area (Å²) < 4.78 is 5.47. The predicted molar refractivity (Wildman–Crippen MR) is 56.0 cm³/mol. The van der Waals surface area contributed by atoms with Crippen molar-refractivity contribution in [2.24, 2.45) is 5.41 Å². The Hall–Kier alpha value is -0.570. The lowest BCUT2D eigenvalue weighted by Gasteiger charge is -2.32. The molecule has 0 aromatic rings. The summed E-state index contributed by atoms with van der Waals surface area (Å²) in [5, 5.41) is 3.08. The number of amides is 1. The van der Waals surface area contributed by atoms with Crippen LogP contribution in [0.5, 0.6) is 0 Å². The van der Waals surface area contributed by atoms with Crippen LogP contribution in [-0.4, -0.2) is 24.2 Å². The molecule has 1 N–H and O–H groups in total. The quantitative estimate of drug-likeness (QED) is 0.698. The minimum absolute atomic E-state index is 0.0948. The van der Waals surface area contributed by atoms with Crippen LogP contribution in [0.1, 0.15) is 41.0 Å². The highest BCUT2D eigenvalue weighted by molar-refractivity contribution is 5.82. The molecule has 1 aliphatic heterocycles. The average molecular weight is 199 g/mol. The van der Waals surface area contributed by atoms with Gasteiger partial charge in [-0.05, 0) is 20.3 Å². The number of hydrogen-bond acceptors (Lipinski definition) is 2. The molecule has 0 aliphatic carbocycles. The topological polar surface area (TPSA) is 38.3 Å². The Labute approximate surface area is 86.2 Å². The van der Waals surface area contributed by atoms with Crippen molar-refractivity contribution in [3.05, 3.63) is 0 Å². The van der Waals surface area contributed by atoms with Crippen molar-refractivity contribution in [3.8, 4) is 0 Å². The number of nitrogens with one attached hydrogen (secondary N) is 1. The van der Waals surface area contributed by atoms with Crippen LogP contribution >= 0.6 is 0 Å². The van der Waals surface area contributed by atoms with Crippen molar-refractivity contribution < 1.29 is 9.53 Å². The van der Waals surface area contributed by atoms with Crippen molar-refractivity contribution in [2.45, 2.75) is 52.7 Å². The number of ether oxygens (including phenoxy) is 1. The molecule has 0 aromatic carbocycles. The second-order valence-corrected chi connectivity index (χ2v) is 5.38. The second-order valence-electron chi connectivity index (χ2n) is 5.38. The Morgan fingerprint density at radius 3 is 2.43 bits per heavy atom. The van der Waals surface area contributed by atoms with Gasteiger partial charge in [0.05, 0.1) is 11.6 Å². The molecule has 0 radical (unpaired) electrons. The molecule has 1 amide bonds. The Balaban J connectivity index is 2.64. The zero-order valence-corrected chi connectivity index (χ0v) is 9.81. The maximum atomic E-state index is 11.8. The highest BCUT2D eigenvalue weighted by Crippen LogP contribution is 2.26. The molecule has 2 unspecified atom stereocenters. The first-order valence-corrected chi connectivity index (χ1v) is 5.20. The molecule has 3 heteroatoms. The molecule has 0 bridgehead atoms. The van der Waals surface area contributed by atoms with Crippen molar-refractivity contribution in [1.82, 2.24) is 5.32 Å². The summed E-state index contributed by atoms with van der Waals surface area (Å²) in [5.41, 5.74) is -0.518. The molecular weight excluding hydrogens is 178 g/mol. The maximum Gasteiger partial charge on any atom is 0.225 e. The van der Waals surface area contributed by atoms with Crippen LogP contribution in [0.2, 0.25) is 0 Å². The number of carbonyl (C=O) groups is 1. The van der Waals surface area contributed by atoms with Crippen LogP contribution in [0.4, 0.5) is 0 Å². The number of hydrogen-bond donors (Lipinski definition) is 1. The molecule has 82 valence electrons. The van der Waals surface area contributed by atoms with Gasteiger partial charge in [0.25, 0.3) is 0 Å². The number of rotatable bonds is 1. The largest absolute Gasteiger partial charge is 0.376 e. The Morgan fingerprint density at radius 1 is 1.50 bits per heavy atom. The average Bonchev–Trinajstić information content (AvgIpc) is 2.30. The molecule has 0 saturated carbocycles. The van der Waals surface area contributed by atoms with Gasteiger partial charge in [0.1, 0.15) is 0 Å². The summed E-state index contributed by atoms with van der Waals surface area (Å²) in [4.78, 5) is 11.8. The van der Waals surface area contributed by atoms with E-state index >= 15 is 0 Å². The van der Waals surface area contributed by atoms with Crippen LogP contribution in [0.15, 0.2) is 0 Å². The molecular formula is C11H21NO2. The molecule has 1 fully saturated rings. The lowest BCUT2D eigenvalue weighted by molar-refractivity contribution is -0.131. The van der Waals surface area contributed by atoms with Crippen molar-refractivity contribution in [2.75, 3.05) is 6.61 Å². The first-order chi connectivity index (χ1) is 6.26. The predicted octanol–water partition coefficient (Wildman–Crippen LogP) is 1.72. The zero-order chi connectivity index (χ0) is 11.0. The minimum Gasteiger partial charge on any atom is -0.376 e. The summed E-state index contributed by atoms with van der Waals surface area (Å²) in [5.74, 6) is 0.0948. The molecule has 0 spiro atoms. The van der Waals surface area contributed by atoms with E-state index in [1.807, 2.05) is 34.6 Å². The van der Waals surface area contributed by atoms with Crippen LogP contribution in [0, 0.1) is 5.41 Å². The molecule has 1 aliphatic rings. The second kappa shape index (κ2) is 3.54. The van der Waals surface area contributed by atoms with Crippen molar-refractivity contribution >= 4 is 5.91 Å². The van der Waals surface area contributed by atoms with E-state index in [0.717, 1.165) is 13.0 Å². The van der Waals surface area contributed by atoms with E-state index in [9.17, 15) is 4.79 Å².